The van der Waals surface area contributed by atoms with E-state index in [1.807, 2.05) is 13.8 Å². The molecule has 0 heterocycles. The van der Waals surface area contributed by atoms with Crippen molar-refractivity contribution < 1.29 is 14.7 Å². The second-order valence-corrected chi connectivity index (χ2v) is 8.92. The molecule has 7 heteroatoms. The van der Waals surface area contributed by atoms with Crippen molar-refractivity contribution in [2.45, 2.75) is 57.0 Å². The Bertz CT molecular complexity index is 317. The van der Waals surface area contributed by atoms with Gasteiger partial charge in [-0.25, -0.2) is 0 Å². The number of aliphatic carboxylic acids is 1. The first-order valence-corrected chi connectivity index (χ1v) is 8.92. The van der Waals surface area contributed by atoms with Gasteiger partial charge in [0.2, 0.25) is 0 Å². The van der Waals surface area contributed by atoms with E-state index in [-0.39, 0.29) is 11.2 Å². The van der Waals surface area contributed by atoms with Gasteiger partial charge in [0.15, 0.2) is 0 Å². The van der Waals surface area contributed by atoms with Gasteiger partial charge in [-0.2, -0.15) is 0 Å². The Balaban J connectivity index is 3.57. The highest BCUT2D eigenvalue weighted by Crippen LogP contribution is 2.38. The molecule has 0 atom stereocenters. The standard InChI is InChI=1S/C13H24BNO3S2/c1-12(2,14)10-15-18-8-5-9-19-20-13(3,4)7-6-11(16)17/h10H,5-9H2,1-4H3,(H,16,17)/b15-10+. The van der Waals surface area contributed by atoms with Gasteiger partial charge in [-0.15, -0.1) is 0 Å². The summed E-state index contributed by atoms with van der Waals surface area (Å²) in [6.45, 7) is 8.41. The number of rotatable bonds is 11. The van der Waals surface area contributed by atoms with Gasteiger partial charge in [-0.1, -0.05) is 40.6 Å². The zero-order valence-electron chi connectivity index (χ0n) is 12.7. The van der Waals surface area contributed by atoms with Crippen molar-refractivity contribution in [3.63, 3.8) is 0 Å². The molecule has 1 N–H and O–H groups in total. The summed E-state index contributed by atoms with van der Waals surface area (Å²) in [5.74, 6) is 0.209. The first-order chi connectivity index (χ1) is 9.12. The maximum absolute atomic E-state index is 10.5. The van der Waals surface area contributed by atoms with E-state index in [2.05, 4.69) is 19.0 Å². The van der Waals surface area contributed by atoms with Crippen molar-refractivity contribution in [1.29, 1.82) is 0 Å². The van der Waals surface area contributed by atoms with Crippen molar-refractivity contribution in [1.82, 2.24) is 0 Å². The molecule has 0 aliphatic heterocycles. The molecule has 4 nitrogen and oxygen atoms in total. The lowest BCUT2D eigenvalue weighted by molar-refractivity contribution is -0.137. The minimum atomic E-state index is -0.738. The lowest BCUT2D eigenvalue weighted by atomic mass is 9.74. The van der Waals surface area contributed by atoms with Crippen LogP contribution in [0.5, 0.6) is 0 Å². The zero-order chi connectivity index (χ0) is 15.6. The fourth-order valence-corrected chi connectivity index (χ4v) is 3.69. The smallest absolute Gasteiger partial charge is 0.303 e. The molecule has 0 aromatic heterocycles. The van der Waals surface area contributed by atoms with Crippen LogP contribution >= 0.6 is 21.6 Å². The molecule has 0 spiro atoms. The highest BCUT2D eigenvalue weighted by atomic mass is 33.1. The molecular formula is C13H24BNO3S2. The minimum absolute atomic E-state index is 0.0222. The molecule has 0 saturated heterocycles. The Morgan fingerprint density at radius 3 is 2.60 bits per heavy atom. The molecule has 0 amide bonds. The van der Waals surface area contributed by atoms with E-state index in [1.165, 1.54) is 0 Å². The van der Waals surface area contributed by atoms with Crippen LogP contribution in [0.2, 0.25) is 5.31 Å². The molecule has 0 bridgehead atoms. The molecule has 0 saturated carbocycles. The maximum Gasteiger partial charge on any atom is 0.303 e. The van der Waals surface area contributed by atoms with Gasteiger partial charge in [-0.05, 0) is 32.0 Å². The summed E-state index contributed by atoms with van der Waals surface area (Å²) in [5.41, 5.74) is 0. The molecule has 0 unspecified atom stereocenters. The average Bonchev–Trinajstić information content (AvgIpc) is 2.29. The predicted molar refractivity (Wildman–Crippen MR) is 89.9 cm³/mol. The van der Waals surface area contributed by atoms with Crippen LogP contribution in [0, 0.1) is 0 Å². The van der Waals surface area contributed by atoms with E-state index in [0.29, 0.717) is 13.0 Å². The molecule has 0 aliphatic rings. The van der Waals surface area contributed by atoms with E-state index in [1.54, 1.807) is 27.8 Å². The van der Waals surface area contributed by atoms with E-state index in [4.69, 9.17) is 17.8 Å². The van der Waals surface area contributed by atoms with Crippen LogP contribution < -0.4 is 0 Å². The average molecular weight is 317 g/mol. The summed E-state index contributed by atoms with van der Waals surface area (Å²) < 4.78 is -0.0222. The molecule has 0 aromatic carbocycles. The van der Waals surface area contributed by atoms with Crippen LogP contribution in [-0.4, -0.2) is 42.2 Å². The van der Waals surface area contributed by atoms with Crippen LogP contribution in [0.3, 0.4) is 0 Å². The first-order valence-electron chi connectivity index (χ1n) is 6.60. The molecule has 0 aliphatic carbocycles. The van der Waals surface area contributed by atoms with Crippen molar-refractivity contribution in [3.05, 3.63) is 0 Å². The quantitative estimate of drug-likeness (QED) is 0.207. The van der Waals surface area contributed by atoms with Crippen LogP contribution in [0.15, 0.2) is 5.16 Å². The van der Waals surface area contributed by atoms with Gasteiger partial charge in [0.1, 0.15) is 6.61 Å². The second-order valence-electron chi connectivity index (χ2n) is 5.80. The van der Waals surface area contributed by atoms with Gasteiger partial charge in [0, 0.05) is 23.1 Å². The Labute approximate surface area is 131 Å². The highest BCUT2D eigenvalue weighted by molar-refractivity contribution is 8.77. The van der Waals surface area contributed by atoms with E-state index < -0.39 is 11.3 Å². The predicted octanol–water partition coefficient (Wildman–Crippen LogP) is 3.77. The number of hydrogen-bond acceptors (Lipinski definition) is 5. The van der Waals surface area contributed by atoms with Crippen molar-refractivity contribution >= 4 is 41.6 Å². The number of hydrogen-bond donors (Lipinski definition) is 1. The van der Waals surface area contributed by atoms with E-state index in [0.717, 1.165) is 12.2 Å². The number of oxime groups is 1. The topological polar surface area (TPSA) is 58.9 Å². The number of carboxylic acid groups (broad SMARTS) is 1. The maximum atomic E-state index is 10.5. The highest BCUT2D eigenvalue weighted by Gasteiger charge is 2.20. The Kier molecular flexibility index (Phi) is 9.47. The van der Waals surface area contributed by atoms with Crippen LogP contribution in [-0.2, 0) is 9.63 Å². The number of nitrogens with zero attached hydrogens (tertiary/aromatic N) is 1. The Morgan fingerprint density at radius 2 is 2.05 bits per heavy atom. The van der Waals surface area contributed by atoms with Gasteiger partial charge in [0.25, 0.3) is 0 Å². The fourth-order valence-electron chi connectivity index (χ4n) is 1.06. The summed E-state index contributed by atoms with van der Waals surface area (Å²) in [6, 6.07) is 0. The van der Waals surface area contributed by atoms with Crippen LogP contribution in [0.1, 0.15) is 47.0 Å². The van der Waals surface area contributed by atoms with Crippen molar-refractivity contribution in [3.8, 4) is 0 Å². The van der Waals surface area contributed by atoms with Gasteiger partial charge < -0.3 is 9.94 Å². The first kappa shape index (κ1) is 19.7. The van der Waals surface area contributed by atoms with Gasteiger partial charge in [0.05, 0.1) is 7.85 Å². The minimum Gasteiger partial charge on any atom is -0.481 e. The zero-order valence-corrected chi connectivity index (χ0v) is 14.4. The lowest BCUT2D eigenvalue weighted by Crippen LogP contribution is -2.15. The van der Waals surface area contributed by atoms with Crippen molar-refractivity contribution in [2.24, 2.45) is 5.16 Å². The van der Waals surface area contributed by atoms with Crippen molar-refractivity contribution in [2.75, 3.05) is 12.4 Å². The second kappa shape index (κ2) is 9.61. The summed E-state index contributed by atoms with van der Waals surface area (Å²) >= 11 is 0. The lowest BCUT2D eigenvalue weighted by Gasteiger charge is -2.22. The van der Waals surface area contributed by atoms with Crippen LogP contribution in [0.25, 0.3) is 0 Å². The van der Waals surface area contributed by atoms with E-state index >= 15 is 0 Å². The summed E-state index contributed by atoms with van der Waals surface area (Å²) in [4.78, 5) is 15.6. The van der Waals surface area contributed by atoms with Gasteiger partial charge in [-0.3, -0.25) is 4.79 Å². The van der Waals surface area contributed by atoms with Gasteiger partial charge >= 0.3 is 5.97 Å². The number of carboxylic acids is 1. The third-order valence-corrected chi connectivity index (χ3v) is 5.58. The Hall–Kier alpha value is -0.295. The van der Waals surface area contributed by atoms with E-state index in [9.17, 15) is 4.79 Å². The molecular weight excluding hydrogens is 293 g/mol. The SMILES string of the molecule is [B]C(C)(C)/C=N/OCCCSSC(C)(C)CCC(=O)O. The monoisotopic (exact) mass is 317 g/mol. The molecule has 20 heavy (non-hydrogen) atoms. The normalized spacial score (nSPS) is 12.8. The summed E-state index contributed by atoms with van der Waals surface area (Å²) in [7, 11) is 9.19. The molecule has 0 fully saturated rings. The molecule has 114 valence electrons. The molecule has 2 radical (unpaired) electrons. The summed E-state index contributed by atoms with van der Waals surface area (Å²) in [6.07, 6.45) is 3.37. The number of carbonyl (C=O) groups is 1. The third kappa shape index (κ3) is 14.1. The van der Waals surface area contributed by atoms with Crippen LogP contribution in [0.4, 0.5) is 0 Å². The largest absolute Gasteiger partial charge is 0.481 e. The fraction of sp³-hybridized carbons (Fsp3) is 0.846. The third-order valence-electron chi connectivity index (χ3n) is 2.15. The Morgan fingerprint density at radius 1 is 1.40 bits per heavy atom. The molecule has 0 rings (SSSR count). The summed E-state index contributed by atoms with van der Waals surface area (Å²) in [5, 5.41) is 12.0. The molecule has 0 aromatic rings.